The Labute approximate surface area is 207 Å². The number of benzene rings is 1. The summed E-state index contributed by atoms with van der Waals surface area (Å²) in [4.78, 5) is 13.1. The monoisotopic (exact) mass is 558 g/mol. The fraction of sp³-hybridized carbons (Fsp3) is 0.455. The molecule has 2 heterocycles. The number of halogens is 2. The number of ether oxygens (including phenoxy) is 1. The molecule has 31 heavy (non-hydrogen) atoms. The van der Waals surface area contributed by atoms with Crippen molar-refractivity contribution in [2.75, 3.05) is 52.3 Å². The average Bonchev–Trinajstić information content (AvgIpc) is 3.20. The van der Waals surface area contributed by atoms with Gasteiger partial charge in [-0.15, -0.1) is 24.0 Å². The van der Waals surface area contributed by atoms with Gasteiger partial charge in [0.15, 0.2) is 5.96 Å². The van der Waals surface area contributed by atoms with E-state index in [1.165, 1.54) is 0 Å². The normalized spacial score (nSPS) is 16.2. The van der Waals surface area contributed by atoms with Crippen LogP contribution in [0.4, 0.5) is 5.82 Å². The van der Waals surface area contributed by atoms with E-state index in [0.717, 1.165) is 49.1 Å². The van der Waals surface area contributed by atoms with Gasteiger partial charge in [0.25, 0.3) is 0 Å². The van der Waals surface area contributed by atoms with E-state index in [9.17, 15) is 0 Å². The van der Waals surface area contributed by atoms with Crippen molar-refractivity contribution in [1.82, 2.24) is 20.5 Å². The van der Waals surface area contributed by atoms with Gasteiger partial charge in [-0.05, 0) is 38.7 Å². The fourth-order valence-electron chi connectivity index (χ4n) is 3.38. The van der Waals surface area contributed by atoms with Crippen LogP contribution in [0.5, 0.6) is 5.75 Å². The minimum Gasteiger partial charge on any atom is -0.492 e. The van der Waals surface area contributed by atoms with E-state index in [4.69, 9.17) is 16.3 Å². The maximum absolute atomic E-state index is 6.30. The lowest BCUT2D eigenvalue weighted by Gasteiger charge is -2.20. The number of para-hydroxylation sites is 1. The highest BCUT2D eigenvalue weighted by Crippen LogP contribution is 2.25. The van der Waals surface area contributed by atoms with Crippen LogP contribution in [0, 0.1) is 0 Å². The number of nitrogens with zero attached hydrogens (tertiary/aromatic N) is 4. The molecule has 0 spiro atoms. The predicted molar refractivity (Wildman–Crippen MR) is 139 cm³/mol. The lowest BCUT2D eigenvalue weighted by molar-refractivity contribution is 0.259. The van der Waals surface area contributed by atoms with Crippen LogP contribution in [-0.2, 0) is 6.54 Å². The maximum Gasteiger partial charge on any atom is 0.191 e. The summed E-state index contributed by atoms with van der Waals surface area (Å²) in [5.41, 5.74) is 1.10. The SMILES string of the molecule is CN=C(NCc1ccccc1OCCN(C)C)NC1CCN(c2ncccc2Cl)C1.I. The third-order valence-corrected chi connectivity index (χ3v) is 5.30. The number of likely N-dealkylation sites (N-methyl/N-ethyl adjacent to an activating group) is 1. The molecule has 0 saturated carbocycles. The van der Waals surface area contributed by atoms with Crippen LogP contribution in [-0.4, -0.2) is 69.3 Å². The Morgan fingerprint density at radius 2 is 2.10 bits per heavy atom. The zero-order chi connectivity index (χ0) is 21.3. The Bertz CT molecular complexity index is 850. The molecule has 0 aliphatic carbocycles. The van der Waals surface area contributed by atoms with Crippen molar-refractivity contribution in [1.29, 1.82) is 0 Å². The average molecular weight is 559 g/mol. The van der Waals surface area contributed by atoms with Crippen molar-refractivity contribution < 1.29 is 4.74 Å². The van der Waals surface area contributed by atoms with Crippen LogP contribution < -0.4 is 20.3 Å². The number of rotatable bonds is 8. The molecule has 170 valence electrons. The summed E-state index contributed by atoms with van der Waals surface area (Å²) >= 11 is 6.30. The molecule has 0 bridgehead atoms. The molecule has 1 atom stereocenters. The molecule has 1 aromatic heterocycles. The van der Waals surface area contributed by atoms with Gasteiger partial charge in [0, 0.05) is 51.0 Å². The summed E-state index contributed by atoms with van der Waals surface area (Å²) in [5, 5.41) is 7.60. The van der Waals surface area contributed by atoms with E-state index in [1.807, 2.05) is 44.4 Å². The summed E-state index contributed by atoms with van der Waals surface area (Å²) < 4.78 is 5.95. The summed E-state index contributed by atoms with van der Waals surface area (Å²) in [6, 6.07) is 12.1. The van der Waals surface area contributed by atoms with Gasteiger partial charge >= 0.3 is 0 Å². The van der Waals surface area contributed by atoms with Crippen molar-refractivity contribution in [2.45, 2.75) is 19.0 Å². The quantitative estimate of drug-likeness (QED) is 0.295. The van der Waals surface area contributed by atoms with Crippen molar-refractivity contribution in [2.24, 2.45) is 4.99 Å². The molecule has 0 amide bonds. The zero-order valence-corrected chi connectivity index (χ0v) is 21.4. The van der Waals surface area contributed by atoms with Gasteiger partial charge in [0.1, 0.15) is 18.2 Å². The third-order valence-electron chi connectivity index (χ3n) is 5.01. The standard InChI is InChI=1S/C22H31ClN6O.HI/c1-24-22(26-15-17-7-4-5-9-20(17)30-14-13-28(2)3)27-18-10-12-29(16-18)21-19(23)8-6-11-25-21;/h4-9,11,18H,10,12-16H2,1-3H3,(H2,24,26,27);1H. The molecule has 2 aromatic rings. The van der Waals surface area contributed by atoms with Crippen molar-refractivity contribution in [3.63, 3.8) is 0 Å². The largest absolute Gasteiger partial charge is 0.492 e. The number of hydrogen-bond acceptors (Lipinski definition) is 5. The van der Waals surface area contributed by atoms with Crippen molar-refractivity contribution in [3.8, 4) is 5.75 Å². The Hall–Kier alpha value is -1.78. The van der Waals surface area contributed by atoms with Gasteiger partial charge in [-0.1, -0.05) is 29.8 Å². The minimum atomic E-state index is 0. The van der Waals surface area contributed by atoms with E-state index < -0.39 is 0 Å². The molecule has 9 heteroatoms. The Morgan fingerprint density at radius 1 is 1.29 bits per heavy atom. The highest BCUT2D eigenvalue weighted by molar-refractivity contribution is 14.0. The second-order valence-corrected chi connectivity index (χ2v) is 7.98. The van der Waals surface area contributed by atoms with Crippen LogP contribution in [0.15, 0.2) is 47.6 Å². The number of nitrogens with one attached hydrogen (secondary N) is 2. The van der Waals surface area contributed by atoms with E-state index in [0.29, 0.717) is 18.2 Å². The summed E-state index contributed by atoms with van der Waals surface area (Å²) in [7, 11) is 5.87. The number of pyridine rings is 1. The van der Waals surface area contributed by atoms with Crippen LogP contribution in [0.2, 0.25) is 5.02 Å². The third kappa shape index (κ3) is 7.69. The molecule has 1 aliphatic rings. The van der Waals surface area contributed by atoms with Crippen LogP contribution >= 0.6 is 35.6 Å². The predicted octanol–water partition coefficient (Wildman–Crippen LogP) is 3.24. The maximum atomic E-state index is 6.30. The van der Waals surface area contributed by atoms with Gasteiger partial charge in [-0.2, -0.15) is 0 Å². The van der Waals surface area contributed by atoms with E-state index in [2.05, 4.69) is 36.5 Å². The number of hydrogen-bond donors (Lipinski definition) is 2. The molecular weight excluding hydrogens is 527 g/mol. The van der Waals surface area contributed by atoms with Gasteiger partial charge in [-0.3, -0.25) is 4.99 Å². The first kappa shape index (κ1) is 25.5. The second kappa shape index (κ2) is 12.9. The van der Waals surface area contributed by atoms with Crippen LogP contribution in [0.3, 0.4) is 0 Å². The molecule has 0 radical (unpaired) electrons. The molecule has 3 rings (SSSR count). The van der Waals surface area contributed by atoms with Gasteiger partial charge in [-0.25, -0.2) is 4.98 Å². The molecule has 1 aliphatic heterocycles. The lowest BCUT2D eigenvalue weighted by atomic mass is 10.2. The van der Waals surface area contributed by atoms with Crippen LogP contribution in [0.25, 0.3) is 0 Å². The molecule has 1 aromatic carbocycles. The first-order valence-corrected chi connectivity index (χ1v) is 10.6. The first-order valence-electron chi connectivity index (χ1n) is 10.2. The summed E-state index contributed by atoms with van der Waals surface area (Å²) in [6.45, 7) is 3.92. The molecule has 1 fully saturated rings. The Kier molecular flexibility index (Phi) is 10.6. The fourth-order valence-corrected chi connectivity index (χ4v) is 3.62. The van der Waals surface area contributed by atoms with Crippen molar-refractivity contribution in [3.05, 3.63) is 53.2 Å². The highest BCUT2D eigenvalue weighted by atomic mass is 127. The van der Waals surface area contributed by atoms with Gasteiger partial charge < -0.3 is 25.2 Å². The van der Waals surface area contributed by atoms with Gasteiger partial charge in [0.05, 0.1) is 5.02 Å². The zero-order valence-electron chi connectivity index (χ0n) is 18.3. The van der Waals surface area contributed by atoms with Crippen molar-refractivity contribution >= 4 is 47.4 Å². The molecule has 1 unspecified atom stereocenters. The lowest BCUT2D eigenvalue weighted by Crippen LogP contribution is -2.44. The van der Waals surface area contributed by atoms with E-state index in [-0.39, 0.29) is 30.0 Å². The van der Waals surface area contributed by atoms with E-state index >= 15 is 0 Å². The first-order chi connectivity index (χ1) is 14.6. The molecule has 2 N–H and O–H groups in total. The number of aromatic nitrogens is 1. The number of anilines is 1. The topological polar surface area (TPSA) is 65.0 Å². The number of guanidine groups is 1. The molecule has 1 saturated heterocycles. The summed E-state index contributed by atoms with van der Waals surface area (Å²) in [6.07, 6.45) is 2.78. The second-order valence-electron chi connectivity index (χ2n) is 7.57. The highest BCUT2D eigenvalue weighted by Gasteiger charge is 2.25. The molecule has 7 nitrogen and oxygen atoms in total. The molecular formula is C22H32ClIN6O. The smallest absolute Gasteiger partial charge is 0.191 e. The van der Waals surface area contributed by atoms with Gasteiger partial charge in [0.2, 0.25) is 0 Å². The van der Waals surface area contributed by atoms with Crippen LogP contribution in [0.1, 0.15) is 12.0 Å². The summed E-state index contributed by atoms with van der Waals surface area (Å²) in [5.74, 6) is 2.52. The Balaban J connectivity index is 0.00000341. The number of aliphatic imine (C=N–C) groups is 1. The van der Waals surface area contributed by atoms with E-state index in [1.54, 1.807) is 13.2 Å². The minimum absolute atomic E-state index is 0. The Morgan fingerprint density at radius 3 is 2.84 bits per heavy atom.